The van der Waals surface area contributed by atoms with E-state index in [0.29, 0.717) is 0 Å². The molecule has 0 amide bonds. The first-order valence-corrected chi connectivity index (χ1v) is 3.15. The van der Waals surface area contributed by atoms with Gasteiger partial charge in [0, 0.05) is 0 Å². The van der Waals surface area contributed by atoms with Gasteiger partial charge in [-0.05, 0) is 6.58 Å². The number of carboxylic acid groups (broad SMARTS) is 2. The topological polar surface area (TPSA) is 108 Å². The van der Waals surface area contributed by atoms with Crippen LogP contribution >= 0.6 is 0 Å². The van der Waals surface area contributed by atoms with E-state index in [4.69, 9.17) is 15.5 Å². The third-order valence-corrected chi connectivity index (χ3v) is 0.878. The van der Waals surface area contributed by atoms with Crippen LogP contribution in [0.5, 0.6) is 0 Å². The Morgan fingerprint density at radius 1 is 1.29 bits per heavy atom. The molecule has 0 heterocycles. The van der Waals surface area contributed by atoms with Crippen molar-refractivity contribution in [2.24, 2.45) is 0 Å². The van der Waals surface area contributed by atoms with E-state index in [2.05, 4.69) is 17.9 Å². The smallest absolute Gasteiger partial charge is 0.370 e. The molecule has 0 aromatic heterocycles. The number of rotatable bonds is 3. The lowest BCUT2D eigenvalue weighted by Gasteiger charge is -1.92. The highest BCUT2D eigenvalue weighted by molar-refractivity contribution is 5.90. The summed E-state index contributed by atoms with van der Waals surface area (Å²) < 4.78 is 4.22. The van der Waals surface area contributed by atoms with E-state index in [9.17, 15) is 9.59 Å². The van der Waals surface area contributed by atoms with Crippen LogP contribution in [-0.4, -0.2) is 29.3 Å². The Balaban J connectivity index is 0. The Morgan fingerprint density at radius 3 is 1.71 bits per heavy atom. The van der Waals surface area contributed by atoms with Crippen molar-refractivity contribution in [2.75, 3.05) is 7.11 Å². The molecule has 0 aromatic rings. The molecule has 0 aromatic carbocycles. The molecule has 6 heteroatoms. The normalized spacial score (nSPS) is 7.14. The van der Waals surface area contributed by atoms with Crippen LogP contribution in [0.1, 0.15) is 0 Å². The number of ether oxygens (including phenoxy) is 1. The summed E-state index contributed by atoms with van der Waals surface area (Å²) in [4.78, 5) is 19.3. The number of aliphatic carboxylic acids is 2. The van der Waals surface area contributed by atoms with E-state index in [-0.39, 0.29) is 5.76 Å². The molecule has 76 valence electrons. The summed E-state index contributed by atoms with van der Waals surface area (Å²) in [6, 6.07) is 1.37. The first-order valence-electron chi connectivity index (χ1n) is 3.15. The van der Waals surface area contributed by atoms with E-state index in [1.54, 1.807) is 0 Å². The van der Waals surface area contributed by atoms with Crippen molar-refractivity contribution >= 4 is 11.9 Å². The van der Waals surface area contributed by atoms with Crippen LogP contribution in [0, 0.1) is 11.3 Å². The summed E-state index contributed by atoms with van der Waals surface area (Å²) in [6.45, 7) is 5.96. The third kappa shape index (κ3) is 7.81. The molecule has 0 aliphatic heterocycles. The maximum absolute atomic E-state index is 9.71. The molecule has 14 heavy (non-hydrogen) atoms. The van der Waals surface area contributed by atoms with Crippen molar-refractivity contribution in [3.8, 4) is 6.07 Å². The van der Waals surface area contributed by atoms with Gasteiger partial charge < -0.3 is 14.9 Å². The lowest BCUT2D eigenvalue weighted by molar-refractivity contribution is -0.136. The molecule has 0 unspecified atom stereocenters. The molecule has 0 aliphatic carbocycles. The lowest BCUT2D eigenvalue weighted by Crippen LogP contribution is -1.99. The largest absolute Gasteiger partial charge is 0.490 e. The molecule has 0 radical (unpaired) electrons. The van der Waals surface area contributed by atoms with Gasteiger partial charge in [-0.2, -0.15) is 5.26 Å². The van der Waals surface area contributed by atoms with Gasteiger partial charge in [0.2, 0.25) is 0 Å². The van der Waals surface area contributed by atoms with Crippen LogP contribution in [0.15, 0.2) is 24.5 Å². The Morgan fingerprint density at radius 2 is 1.71 bits per heavy atom. The second-order valence-corrected chi connectivity index (χ2v) is 1.83. The molecule has 6 nitrogen and oxygen atoms in total. The van der Waals surface area contributed by atoms with Crippen molar-refractivity contribution in [1.29, 1.82) is 5.26 Å². The first kappa shape index (κ1) is 14.2. The second kappa shape index (κ2) is 7.36. The zero-order chi connectivity index (χ0) is 11.7. The van der Waals surface area contributed by atoms with Crippen molar-refractivity contribution < 1.29 is 24.5 Å². The van der Waals surface area contributed by atoms with Gasteiger partial charge in [0.1, 0.15) is 11.6 Å². The molecule has 2 N–H and O–H groups in total. The van der Waals surface area contributed by atoms with Gasteiger partial charge in [-0.15, -0.1) is 0 Å². The standard InChI is InChI=1S/C4H3NO2.C4H6O3/c1-3(2-5)4(6)7;1-3(7-2)4(5)6/h1H2,(H,6,7);1H2,2H3,(H,5,6). The number of nitrogens with zero attached hydrogens (tertiary/aromatic N) is 1. The van der Waals surface area contributed by atoms with Crippen LogP contribution in [0.3, 0.4) is 0 Å². The number of hydrogen-bond donors (Lipinski definition) is 2. The predicted molar refractivity (Wildman–Crippen MR) is 46.2 cm³/mol. The molecule has 0 atom stereocenters. The quantitative estimate of drug-likeness (QED) is 0.386. The van der Waals surface area contributed by atoms with Gasteiger partial charge >= 0.3 is 11.9 Å². The summed E-state index contributed by atoms with van der Waals surface area (Å²) in [5.74, 6) is -2.62. The highest BCUT2D eigenvalue weighted by Gasteiger charge is 1.98. The van der Waals surface area contributed by atoms with Gasteiger partial charge in [0.05, 0.1) is 7.11 Å². The van der Waals surface area contributed by atoms with Gasteiger partial charge in [0.15, 0.2) is 5.76 Å². The monoisotopic (exact) mass is 199 g/mol. The Hall–Kier alpha value is -2.29. The predicted octanol–water partition coefficient (Wildman–Crippen LogP) is 0.382. The Kier molecular flexibility index (Phi) is 7.49. The number of carboxylic acids is 2. The summed E-state index contributed by atoms with van der Waals surface area (Å²) in [7, 11) is 1.26. The minimum Gasteiger partial charge on any atom is -0.490 e. The van der Waals surface area contributed by atoms with Gasteiger partial charge in [-0.1, -0.05) is 6.58 Å². The molecule has 0 spiro atoms. The highest BCUT2D eigenvalue weighted by atomic mass is 16.5. The Bertz CT molecular complexity index is 299. The fraction of sp³-hybridized carbons (Fsp3) is 0.125. The second-order valence-electron chi connectivity index (χ2n) is 1.83. The van der Waals surface area contributed by atoms with Crippen molar-refractivity contribution in [3.63, 3.8) is 0 Å². The number of methoxy groups -OCH3 is 1. The van der Waals surface area contributed by atoms with Crippen LogP contribution in [0.2, 0.25) is 0 Å². The molecule has 0 saturated carbocycles. The average molecular weight is 199 g/mol. The summed E-state index contributed by atoms with van der Waals surface area (Å²) in [6.07, 6.45) is 0. The van der Waals surface area contributed by atoms with Crippen LogP contribution < -0.4 is 0 Å². The van der Waals surface area contributed by atoms with Crippen molar-refractivity contribution in [2.45, 2.75) is 0 Å². The van der Waals surface area contributed by atoms with Crippen molar-refractivity contribution in [1.82, 2.24) is 0 Å². The summed E-state index contributed by atoms with van der Waals surface area (Å²) >= 11 is 0. The molecular formula is C8H9NO5. The number of nitriles is 1. The van der Waals surface area contributed by atoms with Gasteiger partial charge in [-0.3, -0.25) is 0 Å². The van der Waals surface area contributed by atoms with E-state index >= 15 is 0 Å². The molecule has 0 rings (SSSR count). The minimum absolute atomic E-state index is 0.236. The fourth-order valence-corrected chi connectivity index (χ4v) is 0.135. The number of carbonyl (C=O) groups is 2. The zero-order valence-corrected chi connectivity index (χ0v) is 7.48. The molecule has 0 saturated heterocycles. The highest BCUT2D eigenvalue weighted by Crippen LogP contribution is 1.86. The Labute approximate surface area is 80.3 Å². The summed E-state index contributed by atoms with van der Waals surface area (Å²) in [5.41, 5.74) is -0.431. The van der Waals surface area contributed by atoms with E-state index < -0.39 is 17.5 Å². The molecule has 0 aliphatic rings. The average Bonchev–Trinajstić information content (AvgIpc) is 2.15. The maximum Gasteiger partial charge on any atom is 0.370 e. The number of hydrogen-bond acceptors (Lipinski definition) is 4. The van der Waals surface area contributed by atoms with Gasteiger partial charge in [-0.25, -0.2) is 9.59 Å². The van der Waals surface area contributed by atoms with Crippen LogP contribution in [-0.2, 0) is 14.3 Å². The van der Waals surface area contributed by atoms with E-state index in [1.807, 2.05) is 0 Å². The molecule has 0 fully saturated rings. The first-order chi connectivity index (χ1) is 6.36. The third-order valence-electron chi connectivity index (χ3n) is 0.878. The van der Waals surface area contributed by atoms with E-state index in [0.717, 1.165) is 0 Å². The van der Waals surface area contributed by atoms with Gasteiger partial charge in [0.25, 0.3) is 0 Å². The fourth-order valence-electron chi connectivity index (χ4n) is 0.135. The maximum atomic E-state index is 9.71. The van der Waals surface area contributed by atoms with Crippen LogP contribution in [0.4, 0.5) is 0 Å². The SMILES string of the molecule is C=C(C#N)C(=O)O.C=C(OC)C(=O)O. The van der Waals surface area contributed by atoms with Crippen LogP contribution in [0.25, 0.3) is 0 Å². The van der Waals surface area contributed by atoms with E-state index in [1.165, 1.54) is 13.2 Å². The summed E-state index contributed by atoms with van der Waals surface area (Å²) in [5, 5.41) is 23.6. The minimum atomic E-state index is -1.26. The molecular weight excluding hydrogens is 190 g/mol. The van der Waals surface area contributed by atoms with Crippen molar-refractivity contribution in [3.05, 3.63) is 24.5 Å². The lowest BCUT2D eigenvalue weighted by atomic mass is 10.4. The zero-order valence-electron chi connectivity index (χ0n) is 7.48. The molecule has 0 bridgehead atoms.